The minimum absolute atomic E-state index is 1.10. The number of fused-ring (bicyclic) bond motifs is 1. The van der Waals surface area contributed by atoms with E-state index in [1.807, 2.05) is 0 Å². The first-order valence-corrected chi connectivity index (χ1v) is 20.3. The van der Waals surface area contributed by atoms with Crippen LogP contribution >= 0.6 is 0 Å². The van der Waals surface area contributed by atoms with Gasteiger partial charge in [0.25, 0.3) is 0 Å². The van der Waals surface area contributed by atoms with Crippen molar-refractivity contribution >= 4 is 50.8 Å². The Labute approximate surface area is 345 Å². The highest BCUT2D eigenvalue weighted by Crippen LogP contribution is 2.45. The van der Waals surface area contributed by atoms with Gasteiger partial charge in [0.1, 0.15) is 0 Å². The second-order valence-electron chi connectivity index (χ2n) is 15.3. The standard InChI is InChI=1S/C58H39N/c1-4-12-40(13-5-1)41-24-32-49(33-25-41)59(50-34-26-44(27-35-50)53-21-11-19-46-18-10-20-52(57(46)53)42-14-6-2-7-15-42)51-36-28-45(29-37-51)55-39-31-48-23-22-47-30-38-54(58(55)56(47)48)43-16-8-3-9-17-43/h1-39H. The second kappa shape index (κ2) is 14.6. The van der Waals surface area contributed by atoms with Crippen LogP contribution in [0.25, 0.3) is 89.3 Å². The molecule has 10 aromatic rings. The smallest absolute Gasteiger partial charge is 0.0462 e. The summed E-state index contributed by atoms with van der Waals surface area (Å²) in [6.45, 7) is 0. The summed E-state index contributed by atoms with van der Waals surface area (Å²) in [4.78, 5) is 2.37. The van der Waals surface area contributed by atoms with Crippen molar-refractivity contribution < 1.29 is 0 Å². The van der Waals surface area contributed by atoms with E-state index in [0.29, 0.717) is 0 Å². The Kier molecular flexibility index (Phi) is 8.56. The quantitative estimate of drug-likeness (QED) is 0.150. The van der Waals surface area contributed by atoms with E-state index in [0.717, 1.165) is 17.1 Å². The Bertz CT molecular complexity index is 3130. The Morgan fingerprint density at radius 2 is 0.576 bits per heavy atom. The zero-order valence-corrected chi connectivity index (χ0v) is 32.5. The Hall–Kier alpha value is -7.74. The van der Waals surface area contributed by atoms with Crippen LogP contribution in [0.1, 0.15) is 11.1 Å². The summed E-state index contributed by atoms with van der Waals surface area (Å²) in [5.74, 6) is 0. The Morgan fingerprint density at radius 1 is 0.220 bits per heavy atom. The molecule has 11 rings (SSSR count). The average Bonchev–Trinajstić information content (AvgIpc) is 3.75. The molecule has 0 heterocycles. The third kappa shape index (κ3) is 6.21. The minimum Gasteiger partial charge on any atom is -0.311 e. The molecule has 0 saturated carbocycles. The molecule has 1 aliphatic carbocycles. The van der Waals surface area contributed by atoms with Gasteiger partial charge < -0.3 is 4.90 Å². The normalized spacial score (nSPS) is 11.7. The van der Waals surface area contributed by atoms with Crippen LogP contribution < -0.4 is 4.90 Å². The first kappa shape index (κ1) is 34.5. The van der Waals surface area contributed by atoms with Gasteiger partial charge in [-0.15, -0.1) is 0 Å². The summed E-state index contributed by atoms with van der Waals surface area (Å²) in [6, 6.07) is 81.6. The fraction of sp³-hybridized carbons (Fsp3) is 0. The predicted molar refractivity (Wildman–Crippen MR) is 252 cm³/mol. The second-order valence-corrected chi connectivity index (χ2v) is 15.3. The zero-order chi connectivity index (χ0) is 39.1. The van der Waals surface area contributed by atoms with Gasteiger partial charge in [-0.2, -0.15) is 0 Å². The van der Waals surface area contributed by atoms with Crippen molar-refractivity contribution in [2.45, 2.75) is 0 Å². The highest BCUT2D eigenvalue weighted by molar-refractivity contribution is 6.16. The molecule has 1 aliphatic rings. The molecule has 1 heteroatoms. The lowest BCUT2D eigenvalue weighted by atomic mass is 9.89. The third-order valence-electron chi connectivity index (χ3n) is 11.8. The van der Waals surface area contributed by atoms with Gasteiger partial charge in [-0.3, -0.25) is 0 Å². The van der Waals surface area contributed by atoms with Gasteiger partial charge in [-0.25, -0.2) is 0 Å². The van der Waals surface area contributed by atoms with Crippen molar-refractivity contribution in [1.29, 1.82) is 0 Å². The lowest BCUT2D eigenvalue weighted by molar-refractivity contribution is 1.28. The van der Waals surface area contributed by atoms with Gasteiger partial charge >= 0.3 is 0 Å². The highest BCUT2D eigenvalue weighted by Gasteiger charge is 2.19. The first-order valence-electron chi connectivity index (χ1n) is 20.3. The van der Waals surface area contributed by atoms with E-state index < -0.39 is 0 Å². The van der Waals surface area contributed by atoms with Crippen molar-refractivity contribution in [3.8, 4) is 55.6 Å². The lowest BCUT2D eigenvalue weighted by Gasteiger charge is -2.26. The molecule has 0 bridgehead atoms. The maximum absolute atomic E-state index is 2.37. The summed E-state index contributed by atoms with van der Waals surface area (Å²) in [5.41, 5.74) is 18.1. The lowest BCUT2D eigenvalue weighted by Crippen LogP contribution is -2.09. The summed E-state index contributed by atoms with van der Waals surface area (Å²) < 4.78 is 0. The van der Waals surface area contributed by atoms with E-state index in [1.54, 1.807) is 0 Å². The molecule has 0 aliphatic heterocycles. The number of nitrogens with zero attached hydrogens (tertiary/aromatic N) is 1. The zero-order valence-electron chi connectivity index (χ0n) is 32.5. The number of benzene rings is 10. The first-order chi connectivity index (χ1) is 29.3. The fourth-order valence-corrected chi connectivity index (χ4v) is 9.01. The topological polar surface area (TPSA) is 3.24 Å². The van der Waals surface area contributed by atoms with E-state index in [4.69, 9.17) is 0 Å². The summed E-state index contributed by atoms with van der Waals surface area (Å²) in [7, 11) is 0. The maximum Gasteiger partial charge on any atom is 0.0462 e. The van der Waals surface area contributed by atoms with E-state index in [2.05, 4.69) is 242 Å². The maximum atomic E-state index is 2.37. The molecular formula is C58H39N. The number of hydrogen-bond acceptors (Lipinski definition) is 1. The van der Waals surface area contributed by atoms with Crippen LogP contribution in [-0.2, 0) is 0 Å². The fourth-order valence-electron chi connectivity index (χ4n) is 9.01. The minimum atomic E-state index is 1.10. The third-order valence-corrected chi connectivity index (χ3v) is 11.8. The van der Waals surface area contributed by atoms with Crippen LogP contribution in [0.2, 0.25) is 0 Å². The van der Waals surface area contributed by atoms with Crippen LogP contribution in [-0.4, -0.2) is 0 Å². The van der Waals surface area contributed by atoms with E-state index in [9.17, 15) is 0 Å². The highest BCUT2D eigenvalue weighted by atomic mass is 15.1. The van der Waals surface area contributed by atoms with Gasteiger partial charge in [0.2, 0.25) is 0 Å². The molecule has 0 amide bonds. The van der Waals surface area contributed by atoms with Crippen molar-refractivity contribution in [2.24, 2.45) is 0 Å². The van der Waals surface area contributed by atoms with Crippen LogP contribution in [0.4, 0.5) is 17.1 Å². The molecule has 0 fully saturated rings. The van der Waals surface area contributed by atoms with Crippen LogP contribution in [0, 0.1) is 0 Å². The largest absolute Gasteiger partial charge is 0.311 e. The molecule has 0 spiro atoms. The summed E-state index contributed by atoms with van der Waals surface area (Å²) in [6.07, 6.45) is 4.49. The molecule has 0 radical (unpaired) electrons. The van der Waals surface area contributed by atoms with Gasteiger partial charge in [0.05, 0.1) is 0 Å². The molecule has 0 aromatic heterocycles. The predicted octanol–water partition coefficient (Wildman–Crippen LogP) is 16.3. The van der Waals surface area contributed by atoms with Crippen molar-refractivity contribution in [1.82, 2.24) is 0 Å². The van der Waals surface area contributed by atoms with Crippen molar-refractivity contribution in [3.05, 3.63) is 236 Å². The number of rotatable bonds is 8. The molecular weight excluding hydrogens is 711 g/mol. The van der Waals surface area contributed by atoms with E-state index in [-0.39, 0.29) is 0 Å². The molecule has 0 atom stereocenters. The van der Waals surface area contributed by atoms with Crippen LogP contribution in [0.5, 0.6) is 0 Å². The van der Waals surface area contributed by atoms with Gasteiger partial charge in [0.15, 0.2) is 0 Å². The molecule has 0 N–H and O–H groups in total. The molecule has 0 unspecified atom stereocenters. The van der Waals surface area contributed by atoms with Crippen LogP contribution in [0.3, 0.4) is 0 Å². The van der Waals surface area contributed by atoms with Gasteiger partial charge in [0, 0.05) is 17.1 Å². The number of hydrogen-bond donors (Lipinski definition) is 0. The SMILES string of the molecule is C1=Cc2ccc(-c3ccc(N(c4ccc(-c5ccccc5)cc4)c4ccc(-c5cccc6cccc(-c7ccccc7)c56)cc4)cc3)c3c(-c4ccccc4)ccc1c23. The number of anilines is 3. The Morgan fingerprint density at radius 3 is 1.02 bits per heavy atom. The molecule has 1 nitrogen and oxygen atoms in total. The Balaban J connectivity index is 1.02. The summed E-state index contributed by atoms with van der Waals surface area (Å²) >= 11 is 0. The van der Waals surface area contributed by atoms with Crippen LogP contribution in [0.15, 0.2) is 224 Å². The van der Waals surface area contributed by atoms with Crippen molar-refractivity contribution in [3.63, 3.8) is 0 Å². The van der Waals surface area contributed by atoms with Crippen molar-refractivity contribution in [2.75, 3.05) is 4.90 Å². The van der Waals surface area contributed by atoms with E-state index >= 15 is 0 Å². The van der Waals surface area contributed by atoms with E-state index in [1.165, 1.54) is 88.3 Å². The van der Waals surface area contributed by atoms with Gasteiger partial charge in [-0.1, -0.05) is 200 Å². The summed E-state index contributed by atoms with van der Waals surface area (Å²) in [5, 5.41) is 5.14. The monoisotopic (exact) mass is 749 g/mol. The molecule has 0 saturated heterocycles. The molecule has 276 valence electrons. The molecule has 59 heavy (non-hydrogen) atoms. The average molecular weight is 750 g/mol. The van der Waals surface area contributed by atoms with Gasteiger partial charge in [-0.05, 0) is 125 Å². The molecule has 10 aromatic carbocycles.